The van der Waals surface area contributed by atoms with Gasteiger partial charge in [-0.05, 0) is 39.5 Å². The Balaban J connectivity index is 2.32. The Morgan fingerprint density at radius 2 is 1.77 bits per heavy atom. The first-order chi connectivity index (χ1) is 10.5. The van der Waals surface area contributed by atoms with Crippen LogP contribution in [0.1, 0.15) is 66.2 Å². The van der Waals surface area contributed by atoms with Gasteiger partial charge in [0.1, 0.15) is 6.10 Å². The van der Waals surface area contributed by atoms with E-state index in [-0.39, 0.29) is 12.2 Å². The van der Waals surface area contributed by atoms with Crippen molar-refractivity contribution in [1.82, 2.24) is 0 Å². The molecule has 1 saturated heterocycles. The topological polar surface area (TPSA) is 57.2 Å². The molecule has 0 aromatic heterocycles. The van der Waals surface area contributed by atoms with Crippen molar-refractivity contribution in [2.24, 2.45) is 0 Å². The third kappa shape index (κ3) is 7.88. The standard InChI is InChI=1S/C17H34O5/c1-5-7-11-19-13-14(20-12-8-6-2)9-10-15-16(18)22-17(3,4)21-15/h14-16,18H,5-13H2,1-4H3/t14?,15-,16-/m1/s1. The molecule has 1 aliphatic heterocycles. The van der Waals surface area contributed by atoms with E-state index in [1.807, 2.05) is 13.8 Å². The maximum atomic E-state index is 9.88. The van der Waals surface area contributed by atoms with Gasteiger partial charge in [-0.15, -0.1) is 0 Å². The molecule has 5 heteroatoms. The molecular weight excluding hydrogens is 284 g/mol. The van der Waals surface area contributed by atoms with Gasteiger partial charge in [0, 0.05) is 13.2 Å². The highest BCUT2D eigenvalue weighted by Gasteiger charge is 2.40. The van der Waals surface area contributed by atoms with Crippen LogP contribution in [0.2, 0.25) is 0 Å². The van der Waals surface area contributed by atoms with Gasteiger partial charge in [0.25, 0.3) is 0 Å². The van der Waals surface area contributed by atoms with E-state index in [0.717, 1.165) is 45.3 Å². The Hall–Kier alpha value is -0.200. The van der Waals surface area contributed by atoms with Crippen LogP contribution in [0.4, 0.5) is 0 Å². The van der Waals surface area contributed by atoms with Crippen molar-refractivity contribution in [2.75, 3.05) is 19.8 Å². The van der Waals surface area contributed by atoms with Crippen LogP contribution < -0.4 is 0 Å². The predicted molar refractivity (Wildman–Crippen MR) is 85.7 cm³/mol. The van der Waals surface area contributed by atoms with Gasteiger partial charge >= 0.3 is 0 Å². The lowest BCUT2D eigenvalue weighted by molar-refractivity contribution is -0.174. The third-order valence-corrected chi connectivity index (χ3v) is 3.73. The summed E-state index contributed by atoms with van der Waals surface area (Å²) in [4.78, 5) is 0. The molecule has 1 unspecified atom stereocenters. The zero-order valence-corrected chi connectivity index (χ0v) is 14.7. The van der Waals surface area contributed by atoms with E-state index >= 15 is 0 Å². The van der Waals surface area contributed by atoms with Crippen molar-refractivity contribution in [2.45, 2.75) is 90.5 Å². The molecule has 0 radical (unpaired) electrons. The fourth-order valence-electron chi connectivity index (χ4n) is 2.44. The summed E-state index contributed by atoms with van der Waals surface area (Å²) in [5.74, 6) is -0.708. The highest BCUT2D eigenvalue weighted by atomic mass is 16.8. The van der Waals surface area contributed by atoms with E-state index < -0.39 is 12.1 Å². The molecule has 22 heavy (non-hydrogen) atoms. The first-order valence-corrected chi connectivity index (χ1v) is 8.71. The van der Waals surface area contributed by atoms with Crippen LogP contribution >= 0.6 is 0 Å². The van der Waals surface area contributed by atoms with Gasteiger partial charge in [-0.2, -0.15) is 0 Å². The average molecular weight is 318 g/mol. The SMILES string of the molecule is CCCCOCC(CC[C@H]1OC(C)(C)O[C@H]1O)OCCCC. The molecule has 1 fully saturated rings. The number of rotatable bonds is 12. The van der Waals surface area contributed by atoms with Crippen LogP contribution in [0.15, 0.2) is 0 Å². The second-order valence-electron chi connectivity index (χ2n) is 6.42. The quantitative estimate of drug-likeness (QED) is 0.560. The van der Waals surface area contributed by atoms with Crippen LogP contribution in [0.5, 0.6) is 0 Å². The first kappa shape index (κ1) is 19.8. The number of ether oxygens (including phenoxy) is 4. The number of hydrogen-bond donors (Lipinski definition) is 1. The van der Waals surface area contributed by atoms with Crippen LogP contribution in [0.3, 0.4) is 0 Å². The zero-order valence-electron chi connectivity index (χ0n) is 14.7. The molecule has 0 bridgehead atoms. The van der Waals surface area contributed by atoms with Gasteiger partial charge in [0.05, 0.1) is 12.7 Å². The summed E-state index contributed by atoms with van der Waals surface area (Å²) in [6.07, 6.45) is 4.82. The highest BCUT2D eigenvalue weighted by molar-refractivity contribution is 4.76. The van der Waals surface area contributed by atoms with Gasteiger partial charge in [-0.1, -0.05) is 26.7 Å². The van der Waals surface area contributed by atoms with Gasteiger partial charge in [-0.25, -0.2) is 0 Å². The fraction of sp³-hybridized carbons (Fsp3) is 1.00. The largest absolute Gasteiger partial charge is 0.379 e. The minimum atomic E-state index is -0.854. The lowest BCUT2D eigenvalue weighted by Crippen LogP contribution is -2.27. The Labute approximate surface area is 135 Å². The van der Waals surface area contributed by atoms with E-state index in [2.05, 4.69) is 13.8 Å². The summed E-state index contributed by atoms with van der Waals surface area (Å²) in [5.41, 5.74) is 0. The molecule has 3 atom stereocenters. The van der Waals surface area contributed by atoms with Crippen LogP contribution in [-0.4, -0.2) is 49.2 Å². The number of aliphatic hydroxyl groups excluding tert-OH is 1. The molecule has 132 valence electrons. The minimum Gasteiger partial charge on any atom is -0.379 e. The number of hydrogen-bond acceptors (Lipinski definition) is 5. The molecule has 0 aromatic carbocycles. The van der Waals surface area contributed by atoms with Gasteiger partial charge < -0.3 is 24.1 Å². The van der Waals surface area contributed by atoms with Gasteiger partial charge in [-0.3, -0.25) is 0 Å². The molecule has 5 nitrogen and oxygen atoms in total. The lowest BCUT2D eigenvalue weighted by atomic mass is 10.1. The molecule has 1 aliphatic rings. The van der Waals surface area contributed by atoms with E-state index in [1.54, 1.807) is 0 Å². The smallest absolute Gasteiger partial charge is 0.184 e. The summed E-state index contributed by atoms with van der Waals surface area (Å²) in [6, 6.07) is 0. The van der Waals surface area contributed by atoms with E-state index in [4.69, 9.17) is 18.9 Å². The maximum absolute atomic E-state index is 9.88. The average Bonchev–Trinajstić information content (AvgIpc) is 2.72. The molecular formula is C17H34O5. The maximum Gasteiger partial charge on any atom is 0.184 e. The molecule has 0 amide bonds. The molecule has 0 aliphatic carbocycles. The van der Waals surface area contributed by atoms with Crippen molar-refractivity contribution in [3.8, 4) is 0 Å². The van der Waals surface area contributed by atoms with Crippen LogP contribution in [-0.2, 0) is 18.9 Å². The Morgan fingerprint density at radius 1 is 1.09 bits per heavy atom. The lowest BCUT2D eigenvalue weighted by Gasteiger charge is -2.21. The second-order valence-corrected chi connectivity index (χ2v) is 6.42. The number of aliphatic hydroxyl groups is 1. The highest BCUT2D eigenvalue weighted by Crippen LogP contribution is 2.29. The number of unbranched alkanes of at least 4 members (excludes halogenated alkanes) is 2. The van der Waals surface area contributed by atoms with Crippen LogP contribution in [0.25, 0.3) is 0 Å². The molecule has 1 N–H and O–H groups in total. The zero-order chi connectivity index (χ0) is 16.4. The third-order valence-electron chi connectivity index (χ3n) is 3.73. The van der Waals surface area contributed by atoms with E-state index in [0.29, 0.717) is 13.0 Å². The predicted octanol–water partition coefficient (Wildman–Crippen LogP) is 3.24. The van der Waals surface area contributed by atoms with E-state index in [9.17, 15) is 5.11 Å². The van der Waals surface area contributed by atoms with Crippen molar-refractivity contribution in [3.05, 3.63) is 0 Å². The minimum absolute atomic E-state index is 0.0583. The van der Waals surface area contributed by atoms with Gasteiger partial charge in [0.2, 0.25) is 0 Å². The summed E-state index contributed by atoms with van der Waals surface area (Å²) in [5, 5.41) is 9.88. The van der Waals surface area contributed by atoms with Crippen LogP contribution in [0, 0.1) is 0 Å². The molecule has 0 spiro atoms. The Morgan fingerprint density at radius 3 is 2.36 bits per heavy atom. The van der Waals surface area contributed by atoms with Crippen molar-refractivity contribution >= 4 is 0 Å². The summed E-state index contributed by atoms with van der Waals surface area (Å²) < 4.78 is 22.7. The van der Waals surface area contributed by atoms with Crippen molar-refractivity contribution in [1.29, 1.82) is 0 Å². The summed E-state index contributed by atoms with van der Waals surface area (Å²) in [7, 11) is 0. The van der Waals surface area contributed by atoms with Crippen molar-refractivity contribution in [3.63, 3.8) is 0 Å². The normalized spacial score (nSPS) is 25.5. The summed E-state index contributed by atoms with van der Waals surface area (Å²) >= 11 is 0. The monoisotopic (exact) mass is 318 g/mol. The molecule has 0 saturated carbocycles. The Kier molecular flexibility index (Phi) is 9.52. The molecule has 1 rings (SSSR count). The Bertz CT molecular complexity index is 282. The molecule has 0 aromatic rings. The fourth-order valence-corrected chi connectivity index (χ4v) is 2.44. The van der Waals surface area contributed by atoms with Gasteiger partial charge in [0.15, 0.2) is 12.1 Å². The van der Waals surface area contributed by atoms with E-state index in [1.165, 1.54) is 0 Å². The van der Waals surface area contributed by atoms with Crippen molar-refractivity contribution < 1.29 is 24.1 Å². The summed E-state index contributed by atoms with van der Waals surface area (Å²) in [6.45, 7) is 10.1. The second kappa shape index (κ2) is 10.6. The molecule has 1 heterocycles. The first-order valence-electron chi connectivity index (χ1n) is 8.71.